The van der Waals surface area contributed by atoms with Crippen molar-refractivity contribution in [3.05, 3.63) is 41.9 Å². The Bertz CT molecular complexity index is 349. The van der Waals surface area contributed by atoms with E-state index in [-0.39, 0.29) is 5.82 Å². The molecule has 0 saturated heterocycles. The Labute approximate surface area is 97.6 Å². The lowest BCUT2D eigenvalue weighted by Crippen LogP contribution is -2.13. The van der Waals surface area contributed by atoms with Gasteiger partial charge in [0.05, 0.1) is 0 Å². The van der Waals surface area contributed by atoms with Crippen LogP contribution in [0.4, 0.5) is 10.1 Å². The molecule has 0 aliphatic rings. The second kappa shape index (κ2) is 7.53. The number of hydrogen-bond acceptors (Lipinski definition) is 1. The minimum Gasteiger partial charge on any atom is -0.349 e. The summed E-state index contributed by atoms with van der Waals surface area (Å²) in [5, 5.41) is 0. The van der Waals surface area contributed by atoms with Crippen molar-refractivity contribution in [1.29, 1.82) is 0 Å². The third-order valence-electron chi connectivity index (χ3n) is 2.24. The van der Waals surface area contributed by atoms with Crippen molar-refractivity contribution in [2.45, 2.75) is 20.3 Å². The van der Waals surface area contributed by atoms with Gasteiger partial charge in [-0.15, -0.1) is 12.8 Å². The number of nitrogens with zero attached hydrogens (tertiary/aromatic N) is 1. The lowest BCUT2D eigenvalue weighted by atomic mass is 10.2. The summed E-state index contributed by atoms with van der Waals surface area (Å²) >= 11 is 0. The van der Waals surface area contributed by atoms with Crippen LogP contribution in [-0.2, 0) is 0 Å². The van der Waals surface area contributed by atoms with Gasteiger partial charge in [0.2, 0.25) is 0 Å². The molecule has 0 aliphatic carbocycles. The zero-order valence-corrected chi connectivity index (χ0v) is 10.1. The highest BCUT2D eigenvalue weighted by Gasteiger charge is 2.01. The van der Waals surface area contributed by atoms with E-state index in [0.29, 0.717) is 0 Å². The van der Waals surface area contributed by atoms with Crippen molar-refractivity contribution >= 4 is 5.69 Å². The maximum absolute atomic E-state index is 12.7. The number of rotatable bonds is 3. The van der Waals surface area contributed by atoms with Crippen molar-refractivity contribution in [3.63, 3.8) is 0 Å². The maximum Gasteiger partial charge on any atom is 0.123 e. The van der Waals surface area contributed by atoms with Gasteiger partial charge in [0.25, 0.3) is 0 Å². The molecule has 16 heavy (non-hydrogen) atoms. The maximum atomic E-state index is 12.7. The molecular formula is C14H18FN. The van der Waals surface area contributed by atoms with E-state index in [1.807, 2.05) is 18.9 Å². The van der Waals surface area contributed by atoms with Gasteiger partial charge < -0.3 is 4.90 Å². The second-order valence-electron chi connectivity index (χ2n) is 3.29. The van der Waals surface area contributed by atoms with E-state index >= 15 is 0 Å². The van der Waals surface area contributed by atoms with E-state index in [1.54, 1.807) is 12.1 Å². The van der Waals surface area contributed by atoms with Crippen LogP contribution < -0.4 is 4.90 Å². The van der Waals surface area contributed by atoms with Crippen LogP contribution in [0, 0.1) is 18.7 Å². The molecule has 0 atom stereocenters. The predicted octanol–water partition coefficient (Wildman–Crippen LogP) is 3.83. The first-order chi connectivity index (χ1) is 7.65. The highest BCUT2D eigenvalue weighted by molar-refractivity contribution is 5.50. The lowest BCUT2D eigenvalue weighted by molar-refractivity contribution is 0.628. The largest absolute Gasteiger partial charge is 0.349 e. The third kappa shape index (κ3) is 4.18. The van der Waals surface area contributed by atoms with Crippen molar-refractivity contribution in [3.8, 4) is 12.8 Å². The van der Waals surface area contributed by atoms with Crippen LogP contribution in [0.1, 0.15) is 20.3 Å². The molecule has 0 aromatic heterocycles. The second-order valence-corrected chi connectivity index (χ2v) is 3.29. The monoisotopic (exact) mass is 219 g/mol. The van der Waals surface area contributed by atoms with Crippen molar-refractivity contribution in [2.24, 2.45) is 0 Å². The topological polar surface area (TPSA) is 3.24 Å². The first kappa shape index (κ1) is 14.2. The minimum atomic E-state index is -0.195. The summed E-state index contributed by atoms with van der Waals surface area (Å²) in [6.07, 6.45) is 11.2. The summed E-state index contributed by atoms with van der Waals surface area (Å²) in [6, 6.07) is 6.51. The zero-order valence-electron chi connectivity index (χ0n) is 10.1. The summed E-state index contributed by atoms with van der Waals surface area (Å²) in [7, 11) is 1.98. The van der Waals surface area contributed by atoms with Crippen LogP contribution in [0.5, 0.6) is 0 Å². The van der Waals surface area contributed by atoms with Crippen LogP contribution in [0.3, 0.4) is 0 Å². The van der Waals surface area contributed by atoms with Gasteiger partial charge in [-0.1, -0.05) is 13.0 Å². The molecule has 1 aromatic rings. The molecule has 0 spiro atoms. The van der Waals surface area contributed by atoms with Crippen LogP contribution in [0.15, 0.2) is 36.0 Å². The molecule has 1 aromatic carbocycles. The first-order valence-electron chi connectivity index (χ1n) is 5.14. The van der Waals surface area contributed by atoms with Gasteiger partial charge in [-0.3, -0.25) is 0 Å². The summed E-state index contributed by atoms with van der Waals surface area (Å²) in [6.45, 7) is 4.15. The number of benzene rings is 1. The van der Waals surface area contributed by atoms with Gasteiger partial charge in [0.1, 0.15) is 5.82 Å². The molecule has 0 saturated carbocycles. The normalized spacial score (nSPS) is 10.2. The number of halogens is 1. The van der Waals surface area contributed by atoms with Crippen molar-refractivity contribution in [1.82, 2.24) is 0 Å². The Kier molecular flexibility index (Phi) is 6.71. The Morgan fingerprint density at radius 3 is 2.25 bits per heavy atom. The smallest absolute Gasteiger partial charge is 0.123 e. The summed E-state index contributed by atoms with van der Waals surface area (Å²) in [4.78, 5) is 2.04. The molecule has 0 heterocycles. The fraction of sp³-hybridized carbons (Fsp3) is 0.286. The van der Waals surface area contributed by atoms with Crippen molar-refractivity contribution < 1.29 is 4.39 Å². The third-order valence-corrected chi connectivity index (χ3v) is 2.24. The molecule has 0 fully saturated rings. The average Bonchev–Trinajstić information content (AvgIpc) is 2.32. The van der Waals surface area contributed by atoms with E-state index in [0.717, 1.165) is 12.1 Å². The standard InChI is InChI=1S/C12H16FN.C2H2/c1-4-5-10(2)14(3)12-8-6-11(13)7-9-12;1-2/h5-9H,4H2,1-3H3;1-2H/b10-5-;. The van der Waals surface area contributed by atoms with Crippen LogP contribution in [0.25, 0.3) is 0 Å². The summed E-state index contributed by atoms with van der Waals surface area (Å²) in [5.41, 5.74) is 2.19. The van der Waals surface area contributed by atoms with Gasteiger partial charge in [0, 0.05) is 18.4 Å². The Morgan fingerprint density at radius 1 is 1.31 bits per heavy atom. The predicted molar refractivity (Wildman–Crippen MR) is 68.7 cm³/mol. The fourth-order valence-corrected chi connectivity index (χ4v) is 1.30. The Balaban J connectivity index is 0.00000106. The molecule has 1 nitrogen and oxygen atoms in total. The molecule has 0 radical (unpaired) electrons. The number of anilines is 1. The average molecular weight is 219 g/mol. The van der Waals surface area contributed by atoms with E-state index in [9.17, 15) is 4.39 Å². The molecule has 0 unspecified atom stereocenters. The molecule has 0 aliphatic heterocycles. The van der Waals surface area contributed by atoms with Gasteiger partial charge in [0.15, 0.2) is 0 Å². The van der Waals surface area contributed by atoms with Gasteiger partial charge in [-0.2, -0.15) is 0 Å². The molecule has 86 valence electrons. The quantitative estimate of drug-likeness (QED) is 0.698. The van der Waals surface area contributed by atoms with E-state index < -0.39 is 0 Å². The van der Waals surface area contributed by atoms with Crippen LogP contribution in [0.2, 0.25) is 0 Å². The number of hydrogen-bond donors (Lipinski definition) is 0. The van der Waals surface area contributed by atoms with E-state index in [4.69, 9.17) is 0 Å². The Morgan fingerprint density at radius 2 is 1.81 bits per heavy atom. The van der Waals surface area contributed by atoms with Crippen LogP contribution >= 0.6 is 0 Å². The molecule has 0 amide bonds. The molecule has 0 bridgehead atoms. The number of terminal acetylenes is 1. The minimum absolute atomic E-state index is 0.195. The van der Waals surface area contributed by atoms with Crippen molar-refractivity contribution in [2.75, 3.05) is 11.9 Å². The molecule has 2 heteroatoms. The van der Waals surface area contributed by atoms with Gasteiger partial charge >= 0.3 is 0 Å². The highest BCUT2D eigenvalue weighted by atomic mass is 19.1. The molecular weight excluding hydrogens is 201 g/mol. The van der Waals surface area contributed by atoms with Crippen LogP contribution in [-0.4, -0.2) is 7.05 Å². The summed E-state index contributed by atoms with van der Waals surface area (Å²) in [5.74, 6) is -0.195. The molecule has 1 rings (SSSR count). The molecule has 0 N–H and O–H groups in total. The van der Waals surface area contributed by atoms with Gasteiger partial charge in [-0.05, 0) is 37.6 Å². The lowest BCUT2D eigenvalue weighted by Gasteiger charge is -2.19. The highest BCUT2D eigenvalue weighted by Crippen LogP contribution is 2.17. The first-order valence-corrected chi connectivity index (χ1v) is 5.14. The number of allylic oxidation sites excluding steroid dienone is 2. The summed E-state index contributed by atoms with van der Waals surface area (Å²) < 4.78 is 12.7. The Hall–Kier alpha value is -1.75. The van der Waals surface area contributed by atoms with E-state index in [2.05, 4.69) is 25.8 Å². The van der Waals surface area contributed by atoms with Gasteiger partial charge in [-0.25, -0.2) is 4.39 Å². The zero-order chi connectivity index (χ0) is 12.6. The fourth-order valence-electron chi connectivity index (χ4n) is 1.30. The SMILES string of the molecule is C#C.CC/C=C(/C)N(C)c1ccc(F)cc1. The van der Waals surface area contributed by atoms with E-state index in [1.165, 1.54) is 17.8 Å².